The number of hydrogen-bond acceptors (Lipinski definition) is 2. The van der Waals surface area contributed by atoms with Crippen LogP contribution in [-0.2, 0) is 12.8 Å². The number of unbranched alkanes of at least 4 members (excludes halogenated alkanes) is 2. The molecule has 5 rings (SSSR count). The van der Waals surface area contributed by atoms with Crippen LogP contribution in [0.5, 0.6) is 23.0 Å². The second kappa shape index (κ2) is 9.95. The van der Waals surface area contributed by atoms with Crippen LogP contribution in [0.3, 0.4) is 0 Å². The molecular weight excluding hydrogens is 404 g/mol. The maximum atomic E-state index is 6.59. The van der Waals surface area contributed by atoms with Gasteiger partial charge in [0.05, 0.1) is 0 Å². The van der Waals surface area contributed by atoms with Crippen molar-refractivity contribution in [2.45, 2.75) is 45.4 Å². The molecule has 4 aromatic rings. The van der Waals surface area contributed by atoms with Crippen molar-refractivity contribution in [1.82, 2.24) is 0 Å². The van der Waals surface area contributed by atoms with Crippen LogP contribution in [0.2, 0.25) is 0 Å². The van der Waals surface area contributed by atoms with Gasteiger partial charge in [-0.15, -0.1) is 0 Å². The van der Waals surface area contributed by atoms with E-state index in [1.807, 2.05) is 60.7 Å². The highest BCUT2D eigenvalue weighted by Crippen LogP contribution is 2.47. The Labute approximate surface area is 196 Å². The highest BCUT2D eigenvalue weighted by atomic mass is 16.5. The van der Waals surface area contributed by atoms with Gasteiger partial charge in [0.15, 0.2) is 0 Å². The molecule has 0 heterocycles. The summed E-state index contributed by atoms with van der Waals surface area (Å²) in [6.45, 7) is 2.26. The van der Waals surface area contributed by atoms with Crippen LogP contribution in [0.15, 0.2) is 96.6 Å². The van der Waals surface area contributed by atoms with Crippen LogP contribution in [0.1, 0.15) is 43.7 Å². The van der Waals surface area contributed by atoms with E-state index in [2.05, 4.69) is 37.3 Å². The second-order valence-corrected chi connectivity index (χ2v) is 8.69. The predicted molar refractivity (Wildman–Crippen MR) is 137 cm³/mol. The van der Waals surface area contributed by atoms with Crippen molar-refractivity contribution in [3.05, 3.63) is 108 Å². The first kappa shape index (κ1) is 21.3. The van der Waals surface area contributed by atoms with E-state index in [0.29, 0.717) is 0 Å². The van der Waals surface area contributed by atoms with Crippen LogP contribution in [-0.4, -0.2) is 0 Å². The van der Waals surface area contributed by atoms with Gasteiger partial charge < -0.3 is 9.47 Å². The summed E-state index contributed by atoms with van der Waals surface area (Å²) >= 11 is 0. The first-order valence-corrected chi connectivity index (χ1v) is 12.0. The van der Waals surface area contributed by atoms with Crippen LogP contribution in [0, 0.1) is 0 Å². The van der Waals surface area contributed by atoms with Gasteiger partial charge in [-0.2, -0.15) is 0 Å². The third kappa shape index (κ3) is 4.66. The minimum absolute atomic E-state index is 0.860. The van der Waals surface area contributed by atoms with Gasteiger partial charge in [-0.05, 0) is 49.9 Å². The molecule has 1 aliphatic rings. The van der Waals surface area contributed by atoms with Crippen molar-refractivity contribution in [3.63, 3.8) is 0 Å². The van der Waals surface area contributed by atoms with Crippen molar-refractivity contribution >= 4 is 10.8 Å². The zero-order chi connectivity index (χ0) is 22.5. The lowest BCUT2D eigenvalue weighted by molar-refractivity contribution is 0.467. The highest BCUT2D eigenvalue weighted by molar-refractivity contribution is 5.97. The lowest BCUT2D eigenvalue weighted by atomic mass is 9.85. The molecule has 1 aliphatic carbocycles. The van der Waals surface area contributed by atoms with Crippen molar-refractivity contribution in [3.8, 4) is 23.0 Å². The third-order valence-corrected chi connectivity index (χ3v) is 6.36. The van der Waals surface area contributed by atoms with Gasteiger partial charge in [-0.1, -0.05) is 92.1 Å². The number of benzene rings is 4. The van der Waals surface area contributed by atoms with E-state index in [-0.39, 0.29) is 0 Å². The minimum Gasteiger partial charge on any atom is -0.456 e. The van der Waals surface area contributed by atoms with E-state index in [4.69, 9.17) is 9.47 Å². The number of allylic oxidation sites excluding steroid dienone is 2. The summed E-state index contributed by atoms with van der Waals surface area (Å²) in [4.78, 5) is 0. The van der Waals surface area contributed by atoms with Gasteiger partial charge >= 0.3 is 0 Å². The summed E-state index contributed by atoms with van der Waals surface area (Å²) in [5, 5.41) is 2.19. The van der Waals surface area contributed by atoms with Crippen molar-refractivity contribution < 1.29 is 9.47 Å². The first-order valence-electron chi connectivity index (χ1n) is 12.0. The monoisotopic (exact) mass is 434 g/mol. The molecule has 4 aromatic carbocycles. The van der Waals surface area contributed by atoms with E-state index >= 15 is 0 Å². The Balaban J connectivity index is 1.64. The van der Waals surface area contributed by atoms with E-state index < -0.39 is 0 Å². The highest BCUT2D eigenvalue weighted by Gasteiger charge is 2.25. The molecule has 0 unspecified atom stereocenters. The van der Waals surface area contributed by atoms with Crippen LogP contribution in [0.25, 0.3) is 10.8 Å². The van der Waals surface area contributed by atoms with Gasteiger partial charge in [0.25, 0.3) is 0 Å². The molecule has 0 saturated heterocycles. The lowest BCUT2D eigenvalue weighted by Crippen LogP contribution is -2.08. The minimum atomic E-state index is 0.860. The topological polar surface area (TPSA) is 18.5 Å². The number of fused-ring (bicyclic) bond motifs is 2. The molecule has 0 radical (unpaired) electrons. The number of rotatable bonds is 8. The average molecular weight is 435 g/mol. The molecule has 0 aliphatic heterocycles. The maximum absolute atomic E-state index is 6.59. The van der Waals surface area contributed by atoms with Gasteiger partial charge in [-0.25, -0.2) is 0 Å². The number of hydrogen-bond donors (Lipinski definition) is 0. The van der Waals surface area contributed by atoms with Gasteiger partial charge in [-0.3, -0.25) is 0 Å². The molecule has 166 valence electrons. The summed E-state index contributed by atoms with van der Waals surface area (Å²) in [6.07, 6.45) is 9.11. The van der Waals surface area contributed by atoms with Crippen LogP contribution < -0.4 is 9.47 Å². The molecule has 33 heavy (non-hydrogen) atoms. The second-order valence-electron chi connectivity index (χ2n) is 8.69. The Morgan fingerprint density at radius 1 is 0.636 bits per heavy atom. The van der Waals surface area contributed by atoms with Gasteiger partial charge in [0.2, 0.25) is 0 Å². The molecule has 0 saturated carbocycles. The third-order valence-electron chi connectivity index (χ3n) is 6.36. The molecule has 0 fully saturated rings. The predicted octanol–water partition coefficient (Wildman–Crippen LogP) is 9.03. The Hall–Kier alpha value is -3.52. The van der Waals surface area contributed by atoms with Gasteiger partial charge in [0, 0.05) is 21.9 Å². The van der Waals surface area contributed by atoms with Gasteiger partial charge in [0.1, 0.15) is 23.0 Å². The molecule has 2 heteroatoms. The van der Waals surface area contributed by atoms with E-state index in [0.717, 1.165) is 53.0 Å². The standard InChI is InChI=1S/C31H30O2/c1-2-3-6-13-23-20-21-28-29(22-23)31(33-25-16-9-5-10-17-25)27-19-12-11-18-26(27)30(28)32-24-14-7-4-8-15-24/h4-5,7-12,14-20H,2-3,6,13,21-22H2,1H3. The fourth-order valence-corrected chi connectivity index (χ4v) is 4.67. The smallest absolute Gasteiger partial charge is 0.139 e. The average Bonchev–Trinajstić information content (AvgIpc) is 2.87. The molecule has 0 amide bonds. The fraction of sp³-hybridized carbons (Fsp3) is 0.226. The molecule has 0 atom stereocenters. The van der Waals surface area contributed by atoms with Crippen molar-refractivity contribution in [1.29, 1.82) is 0 Å². The van der Waals surface area contributed by atoms with Crippen LogP contribution >= 0.6 is 0 Å². The van der Waals surface area contributed by atoms with E-state index in [9.17, 15) is 0 Å². The van der Waals surface area contributed by atoms with Crippen LogP contribution in [0.4, 0.5) is 0 Å². The Morgan fingerprint density at radius 2 is 1.18 bits per heavy atom. The summed E-state index contributed by atoms with van der Waals surface area (Å²) < 4.78 is 13.1. The number of ether oxygens (including phenoxy) is 2. The van der Waals surface area contributed by atoms with Crippen molar-refractivity contribution in [2.75, 3.05) is 0 Å². The first-order chi connectivity index (χ1) is 16.3. The molecule has 0 aromatic heterocycles. The molecule has 0 bridgehead atoms. The summed E-state index contributed by atoms with van der Waals surface area (Å²) in [7, 11) is 0. The molecule has 0 spiro atoms. The quantitative estimate of drug-likeness (QED) is 0.203. The largest absolute Gasteiger partial charge is 0.456 e. The Morgan fingerprint density at radius 3 is 1.76 bits per heavy atom. The summed E-state index contributed by atoms with van der Waals surface area (Å²) in [6, 6.07) is 28.7. The maximum Gasteiger partial charge on any atom is 0.139 e. The molecular formula is C31H30O2. The Kier molecular flexibility index (Phi) is 6.44. The van der Waals surface area contributed by atoms with Crippen molar-refractivity contribution in [2.24, 2.45) is 0 Å². The van der Waals surface area contributed by atoms with E-state index in [1.54, 1.807) is 0 Å². The SMILES string of the molecule is CCCCCC1=CCc2c(c(Oc3ccccc3)c3ccccc3c2Oc2ccccc2)C1. The zero-order valence-corrected chi connectivity index (χ0v) is 19.2. The fourth-order valence-electron chi connectivity index (χ4n) is 4.67. The normalized spacial score (nSPS) is 12.8. The molecule has 0 N–H and O–H groups in total. The Bertz CT molecular complexity index is 1260. The molecule has 2 nitrogen and oxygen atoms in total. The number of para-hydroxylation sites is 2. The van der Waals surface area contributed by atoms with E-state index in [1.165, 1.54) is 36.0 Å². The lowest BCUT2D eigenvalue weighted by Gasteiger charge is -2.25. The zero-order valence-electron chi connectivity index (χ0n) is 19.2. The summed E-state index contributed by atoms with van der Waals surface area (Å²) in [5.41, 5.74) is 4.01. The summed E-state index contributed by atoms with van der Waals surface area (Å²) in [5.74, 6) is 3.65.